The molecule has 1 aliphatic rings. The van der Waals surface area contributed by atoms with E-state index in [2.05, 4.69) is 45.0 Å². The SMILES string of the molecule is Cn1c(CC2CCCN2)nc2c(Br)cccc21. The van der Waals surface area contributed by atoms with Crippen LogP contribution in [-0.2, 0) is 13.5 Å². The van der Waals surface area contributed by atoms with Crippen LogP contribution in [0, 0.1) is 0 Å². The van der Waals surface area contributed by atoms with E-state index in [4.69, 9.17) is 4.98 Å². The number of hydrogen-bond acceptors (Lipinski definition) is 2. The lowest BCUT2D eigenvalue weighted by atomic mass is 10.1. The molecule has 0 spiro atoms. The Labute approximate surface area is 109 Å². The highest BCUT2D eigenvalue weighted by atomic mass is 79.9. The van der Waals surface area contributed by atoms with Gasteiger partial charge in [-0.3, -0.25) is 0 Å². The second-order valence-electron chi connectivity index (χ2n) is 4.69. The van der Waals surface area contributed by atoms with Gasteiger partial charge in [0.2, 0.25) is 0 Å². The molecule has 0 bridgehead atoms. The fourth-order valence-corrected chi connectivity index (χ4v) is 3.01. The first kappa shape index (κ1) is 11.2. The molecule has 17 heavy (non-hydrogen) atoms. The number of fused-ring (bicyclic) bond motifs is 1. The van der Waals surface area contributed by atoms with Crippen LogP contribution in [0.15, 0.2) is 22.7 Å². The highest BCUT2D eigenvalue weighted by molar-refractivity contribution is 9.10. The van der Waals surface area contributed by atoms with E-state index in [1.807, 2.05) is 6.07 Å². The molecule has 2 aromatic rings. The first-order chi connectivity index (χ1) is 8.25. The predicted octanol–water partition coefficient (Wildman–Crippen LogP) is 2.63. The molecule has 0 saturated carbocycles. The van der Waals surface area contributed by atoms with Gasteiger partial charge < -0.3 is 9.88 Å². The lowest BCUT2D eigenvalue weighted by Gasteiger charge is -2.09. The number of benzene rings is 1. The van der Waals surface area contributed by atoms with E-state index >= 15 is 0 Å². The summed E-state index contributed by atoms with van der Waals surface area (Å²) in [6, 6.07) is 6.83. The van der Waals surface area contributed by atoms with Crippen LogP contribution in [0.5, 0.6) is 0 Å². The van der Waals surface area contributed by atoms with E-state index in [0.717, 1.165) is 23.0 Å². The summed E-state index contributed by atoms with van der Waals surface area (Å²) in [5.41, 5.74) is 2.27. The van der Waals surface area contributed by atoms with E-state index in [0.29, 0.717) is 6.04 Å². The number of nitrogens with zero attached hydrogens (tertiary/aromatic N) is 2. The van der Waals surface area contributed by atoms with Gasteiger partial charge in [0, 0.05) is 24.0 Å². The zero-order valence-corrected chi connectivity index (χ0v) is 11.5. The van der Waals surface area contributed by atoms with E-state index in [1.54, 1.807) is 0 Å². The third kappa shape index (κ3) is 2.00. The minimum atomic E-state index is 0.601. The Morgan fingerprint density at radius 1 is 1.53 bits per heavy atom. The van der Waals surface area contributed by atoms with Gasteiger partial charge in [-0.2, -0.15) is 0 Å². The molecular weight excluding hydrogens is 278 g/mol. The van der Waals surface area contributed by atoms with E-state index in [1.165, 1.54) is 24.2 Å². The standard InChI is InChI=1S/C13H16BrN3/c1-17-11-6-2-5-10(14)13(11)16-12(17)8-9-4-3-7-15-9/h2,5-6,9,15H,3-4,7-8H2,1H3. The summed E-state index contributed by atoms with van der Waals surface area (Å²) in [5.74, 6) is 1.17. The molecule has 1 aromatic heterocycles. The molecule has 4 heteroatoms. The summed E-state index contributed by atoms with van der Waals surface area (Å²) in [6.45, 7) is 1.15. The van der Waals surface area contributed by atoms with Crippen molar-refractivity contribution >= 4 is 27.0 Å². The highest BCUT2D eigenvalue weighted by Gasteiger charge is 2.18. The zero-order chi connectivity index (χ0) is 11.8. The number of hydrogen-bond donors (Lipinski definition) is 1. The Morgan fingerprint density at radius 2 is 2.41 bits per heavy atom. The van der Waals surface area contributed by atoms with Gasteiger partial charge in [0.25, 0.3) is 0 Å². The number of aryl methyl sites for hydroxylation is 1. The quantitative estimate of drug-likeness (QED) is 0.923. The molecule has 2 heterocycles. The van der Waals surface area contributed by atoms with E-state index < -0.39 is 0 Å². The van der Waals surface area contributed by atoms with Crippen LogP contribution in [0.3, 0.4) is 0 Å². The van der Waals surface area contributed by atoms with Crippen molar-refractivity contribution in [3.8, 4) is 0 Å². The number of halogens is 1. The summed E-state index contributed by atoms with van der Waals surface area (Å²) in [5, 5.41) is 3.53. The number of imidazole rings is 1. The Hall–Kier alpha value is -0.870. The molecule has 0 aliphatic carbocycles. The van der Waals surface area contributed by atoms with Crippen molar-refractivity contribution in [3.05, 3.63) is 28.5 Å². The van der Waals surface area contributed by atoms with Gasteiger partial charge >= 0.3 is 0 Å². The third-order valence-electron chi connectivity index (χ3n) is 3.55. The molecule has 1 atom stereocenters. The summed E-state index contributed by atoms with van der Waals surface area (Å²) >= 11 is 3.57. The van der Waals surface area contributed by atoms with Gasteiger partial charge in [-0.25, -0.2) is 4.98 Å². The van der Waals surface area contributed by atoms with Crippen LogP contribution in [-0.4, -0.2) is 22.1 Å². The largest absolute Gasteiger partial charge is 0.331 e. The third-order valence-corrected chi connectivity index (χ3v) is 4.19. The number of para-hydroxylation sites is 1. The smallest absolute Gasteiger partial charge is 0.111 e. The number of nitrogens with one attached hydrogen (secondary N) is 1. The second kappa shape index (κ2) is 4.42. The van der Waals surface area contributed by atoms with E-state index in [9.17, 15) is 0 Å². The van der Waals surface area contributed by atoms with Crippen LogP contribution >= 0.6 is 15.9 Å². The van der Waals surface area contributed by atoms with Crippen LogP contribution in [0.1, 0.15) is 18.7 Å². The van der Waals surface area contributed by atoms with Crippen LogP contribution < -0.4 is 5.32 Å². The maximum atomic E-state index is 4.75. The van der Waals surface area contributed by atoms with Gasteiger partial charge in [-0.1, -0.05) is 6.07 Å². The first-order valence-corrected chi connectivity index (χ1v) is 6.88. The Morgan fingerprint density at radius 3 is 3.12 bits per heavy atom. The number of rotatable bonds is 2. The van der Waals surface area contributed by atoms with Gasteiger partial charge in [0.1, 0.15) is 11.3 Å². The van der Waals surface area contributed by atoms with Crippen molar-refractivity contribution < 1.29 is 0 Å². The lowest BCUT2D eigenvalue weighted by molar-refractivity contribution is 0.575. The molecule has 90 valence electrons. The lowest BCUT2D eigenvalue weighted by Crippen LogP contribution is -2.25. The van der Waals surface area contributed by atoms with Crippen molar-refractivity contribution in [1.82, 2.24) is 14.9 Å². The molecule has 1 saturated heterocycles. The molecule has 0 radical (unpaired) electrons. The average Bonchev–Trinajstić information content (AvgIpc) is 2.92. The monoisotopic (exact) mass is 293 g/mol. The van der Waals surface area contributed by atoms with Gasteiger partial charge in [0.15, 0.2) is 0 Å². The van der Waals surface area contributed by atoms with Crippen LogP contribution in [0.2, 0.25) is 0 Å². The maximum Gasteiger partial charge on any atom is 0.111 e. The minimum absolute atomic E-state index is 0.601. The van der Waals surface area contributed by atoms with Crippen molar-refractivity contribution in [2.45, 2.75) is 25.3 Å². The van der Waals surface area contributed by atoms with Crippen molar-refractivity contribution in [2.75, 3.05) is 6.54 Å². The summed E-state index contributed by atoms with van der Waals surface area (Å²) in [4.78, 5) is 4.75. The molecular formula is C13H16BrN3. The first-order valence-electron chi connectivity index (χ1n) is 6.09. The molecule has 1 aromatic carbocycles. The van der Waals surface area contributed by atoms with Crippen molar-refractivity contribution in [2.24, 2.45) is 7.05 Å². The summed E-state index contributed by atoms with van der Waals surface area (Å²) < 4.78 is 3.29. The predicted molar refractivity (Wildman–Crippen MR) is 73.1 cm³/mol. The zero-order valence-electron chi connectivity index (χ0n) is 9.91. The molecule has 3 nitrogen and oxygen atoms in total. The average molecular weight is 294 g/mol. The number of aromatic nitrogens is 2. The molecule has 1 N–H and O–H groups in total. The minimum Gasteiger partial charge on any atom is -0.331 e. The normalized spacial score (nSPS) is 20.2. The highest BCUT2D eigenvalue weighted by Crippen LogP contribution is 2.24. The molecule has 3 rings (SSSR count). The maximum absolute atomic E-state index is 4.75. The topological polar surface area (TPSA) is 29.9 Å². The Bertz CT molecular complexity index is 541. The summed E-state index contributed by atoms with van der Waals surface area (Å²) in [7, 11) is 2.10. The molecule has 0 amide bonds. The van der Waals surface area contributed by atoms with Gasteiger partial charge in [0.05, 0.1) is 5.52 Å². The fourth-order valence-electron chi connectivity index (χ4n) is 2.56. The van der Waals surface area contributed by atoms with Gasteiger partial charge in [-0.05, 0) is 47.4 Å². The Balaban J connectivity index is 1.99. The van der Waals surface area contributed by atoms with Crippen LogP contribution in [0.25, 0.3) is 11.0 Å². The molecule has 1 aliphatic heterocycles. The summed E-state index contributed by atoms with van der Waals surface area (Å²) in [6.07, 6.45) is 3.58. The van der Waals surface area contributed by atoms with Crippen molar-refractivity contribution in [3.63, 3.8) is 0 Å². The van der Waals surface area contributed by atoms with Gasteiger partial charge in [-0.15, -0.1) is 0 Å². The molecule has 1 unspecified atom stereocenters. The van der Waals surface area contributed by atoms with Crippen molar-refractivity contribution in [1.29, 1.82) is 0 Å². The van der Waals surface area contributed by atoms with Crippen LogP contribution in [0.4, 0.5) is 0 Å². The fraction of sp³-hybridized carbons (Fsp3) is 0.462. The van der Waals surface area contributed by atoms with E-state index in [-0.39, 0.29) is 0 Å². The second-order valence-corrected chi connectivity index (χ2v) is 5.55. The molecule has 1 fully saturated rings. The Kier molecular flexibility index (Phi) is 2.92.